The van der Waals surface area contributed by atoms with Crippen LogP contribution in [0.1, 0.15) is 16.7 Å². The van der Waals surface area contributed by atoms with Crippen LogP contribution in [0.5, 0.6) is 0 Å². The summed E-state index contributed by atoms with van der Waals surface area (Å²) in [5, 5.41) is 1.64. The Morgan fingerprint density at radius 1 is 1.12 bits per heavy atom. The average Bonchev–Trinajstić information content (AvgIpc) is 2.94. The van der Waals surface area contributed by atoms with Gasteiger partial charge >= 0.3 is 0 Å². The van der Waals surface area contributed by atoms with E-state index >= 15 is 0 Å². The number of fused-ring (bicyclic) bond motifs is 5. The smallest absolute Gasteiger partial charge is 0.256 e. The van der Waals surface area contributed by atoms with Gasteiger partial charge in [0.2, 0.25) is 5.91 Å². The van der Waals surface area contributed by atoms with Crippen LogP contribution in [0.3, 0.4) is 0 Å². The van der Waals surface area contributed by atoms with Gasteiger partial charge in [-0.1, -0.05) is 36.4 Å². The maximum absolute atomic E-state index is 12.6. The van der Waals surface area contributed by atoms with Crippen molar-refractivity contribution in [2.45, 2.75) is 12.8 Å². The number of aromatic amines is 1. The minimum Gasteiger partial charge on any atom is -0.349 e. The van der Waals surface area contributed by atoms with E-state index < -0.39 is 0 Å². The second kappa shape index (κ2) is 5.34. The summed E-state index contributed by atoms with van der Waals surface area (Å²) in [6, 6.07) is 13.9. The van der Waals surface area contributed by atoms with Crippen molar-refractivity contribution < 1.29 is 4.79 Å². The molecule has 0 bridgehead atoms. The zero-order valence-corrected chi connectivity index (χ0v) is 13.7. The molecular formula is C20H18N2O2. The Balaban J connectivity index is 1.86. The number of rotatable bonds is 2. The summed E-state index contributed by atoms with van der Waals surface area (Å²) in [7, 11) is 3.47. The van der Waals surface area contributed by atoms with Gasteiger partial charge < -0.3 is 9.88 Å². The highest BCUT2D eigenvalue weighted by Crippen LogP contribution is 2.37. The van der Waals surface area contributed by atoms with Gasteiger partial charge in [-0.2, -0.15) is 0 Å². The zero-order chi connectivity index (χ0) is 16.8. The number of H-pyrrole nitrogens is 1. The lowest BCUT2D eigenvalue weighted by atomic mass is 10.0. The number of hydrogen-bond acceptors (Lipinski definition) is 2. The second-order valence-electron chi connectivity index (χ2n) is 6.49. The van der Waals surface area contributed by atoms with E-state index in [1.165, 1.54) is 5.56 Å². The SMILES string of the molecule is CN(C)C(=O)Cc1ccc2c3c([nH]c(=O)c2c1)-c1ccccc1C3. The lowest BCUT2D eigenvalue weighted by molar-refractivity contribution is -0.127. The second-order valence-corrected chi connectivity index (χ2v) is 6.49. The van der Waals surface area contributed by atoms with Gasteiger partial charge in [0.25, 0.3) is 5.56 Å². The van der Waals surface area contributed by atoms with Crippen molar-refractivity contribution in [1.29, 1.82) is 0 Å². The molecule has 1 aliphatic rings. The maximum Gasteiger partial charge on any atom is 0.256 e. The first-order valence-electron chi connectivity index (χ1n) is 8.01. The molecule has 4 rings (SSSR count). The van der Waals surface area contributed by atoms with E-state index in [9.17, 15) is 9.59 Å². The summed E-state index contributed by atoms with van der Waals surface area (Å²) in [6.07, 6.45) is 1.13. The molecule has 0 saturated heterocycles. The number of nitrogens with one attached hydrogen (secondary N) is 1. The number of hydrogen-bond donors (Lipinski definition) is 1. The van der Waals surface area contributed by atoms with Crippen molar-refractivity contribution in [2.75, 3.05) is 14.1 Å². The number of pyridine rings is 1. The minimum atomic E-state index is -0.0976. The average molecular weight is 318 g/mol. The Labute approximate surface area is 139 Å². The van der Waals surface area contributed by atoms with Crippen LogP contribution in [-0.4, -0.2) is 29.9 Å². The maximum atomic E-state index is 12.6. The monoisotopic (exact) mass is 318 g/mol. The number of amides is 1. The molecule has 1 N–H and O–H groups in total. The molecule has 0 fully saturated rings. The van der Waals surface area contributed by atoms with Crippen LogP contribution < -0.4 is 5.56 Å². The predicted molar refractivity (Wildman–Crippen MR) is 95.2 cm³/mol. The third kappa shape index (κ3) is 2.22. The molecule has 4 nitrogen and oxygen atoms in total. The van der Waals surface area contributed by atoms with E-state index in [1.807, 2.05) is 36.4 Å². The summed E-state index contributed by atoms with van der Waals surface area (Å²) >= 11 is 0. The van der Waals surface area contributed by atoms with Crippen molar-refractivity contribution in [3.05, 3.63) is 69.5 Å². The summed E-state index contributed by atoms with van der Waals surface area (Å²) in [5.41, 5.74) is 5.21. The Morgan fingerprint density at radius 2 is 1.92 bits per heavy atom. The van der Waals surface area contributed by atoms with Crippen LogP contribution in [0, 0.1) is 0 Å². The molecule has 0 spiro atoms. The van der Waals surface area contributed by atoms with Gasteiger partial charge in [0.1, 0.15) is 0 Å². The summed E-state index contributed by atoms with van der Waals surface area (Å²) in [4.78, 5) is 29.1. The van der Waals surface area contributed by atoms with E-state index in [2.05, 4.69) is 11.1 Å². The fourth-order valence-corrected chi connectivity index (χ4v) is 3.40. The number of nitrogens with zero attached hydrogens (tertiary/aromatic N) is 1. The fraction of sp³-hybridized carbons (Fsp3) is 0.200. The molecule has 0 saturated carbocycles. The van der Waals surface area contributed by atoms with Crippen molar-refractivity contribution in [3.8, 4) is 11.3 Å². The van der Waals surface area contributed by atoms with Gasteiger partial charge in [0.15, 0.2) is 0 Å². The molecule has 0 aliphatic heterocycles. The minimum absolute atomic E-state index is 0.0272. The molecule has 1 aromatic heterocycles. The highest BCUT2D eigenvalue weighted by atomic mass is 16.2. The van der Waals surface area contributed by atoms with E-state index in [0.29, 0.717) is 11.8 Å². The summed E-state index contributed by atoms with van der Waals surface area (Å²) in [6.45, 7) is 0. The van der Waals surface area contributed by atoms with Gasteiger partial charge in [0, 0.05) is 31.5 Å². The molecular weight excluding hydrogens is 300 g/mol. The number of carbonyl (C=O) groups is 1. The quantitative estimate of drug-likeness (QED) is 0.618. The molecule has 24 heavy (non-hydrogen) atoms. The van der Waals surface area contributed by atoms with Crippen LogP contribution in [0.25, 0.3) is 22.0 Å². The van der Waals surface area contributed by atoms with E-state index in [4.69, 9.17) is 0 Å². The van der Waals surface area contributed by atoms with Crippen LogP contribution >= 0.6 is 0 Å². The molecule has 0 atom stereocenters. The molecule has 1 heterocycles. The topological polar surface area (TPSA) is 53.2 Å². The van der Waals surface area contributed by atoms with Crippen molar-refractivity contribution >= 4 is 16.7 Å². The third-order valence-corrected chi connectivity index (χ3v) is 4.70. The number of carbonyl (C=O) groups excluding carboxylic acids is 1. The molecule has 1 amide bonds. The van der Waals surface area contributed by atoms with Gasteiger partial charge in [-0.25, -0.2) is 0 Å². The van der Waals surface area contributed by atoms with Crippen molar-refractivity contribution in [2.24, 2.45) is 0 Å². The van der Waals surface area contributed by atoms with Crippen LogP contribution in [0.15, 0.2) is 47.3 Å². The van der Waals surface area contributed by atoms with Gasteiger partial charge in [0.05, 0.1) is 12.1 Å². The fourth-order valence-electron chi connectivity index (χ4n) is 3.40. The highest BCUT2D eigenvalue weighted by Gasteiger charge is 2.22. The van der Waals surface area contributed by atoms with Crippen LogP contribution in [0.2, 0.25) is 0 Å². The van der Waals surface area contributed by atoms with Crippen molar-refractivity contribution in [1.82, 2.24) is 9.88 Å². The molecule has 4 heteroatoms. The first-order valence-corrected chi connectivity index (χ1v) is 8.01. The molecule has 2 aromatic carbocycles. The Bertz CT molecular complexity index is 1030. The molecule has 1 aliphatic carbocycles. The number of benzene rings is 2. The van der Waals surface area contributed by atoms with Crippen molar-refractivity contribution in [3.63, 3.8) is 0 Å². The molecule has 3 aromatic rings. The number of aromatic nitrogens is 1. The zero-order valence-electron chi connectivity index (χ0n) is 13.7. The normalized spacial score (nSPS) is 12.1. The molecule has 0 unspecified atom stereocenters. The van der Waals surface area contributed by atoms with E-state index in [-0.39, 0.29) is 11.5 Å². The Kier molecular flexibility index (Phi) is 3.27. The van der Waals surface area contributed by atoms with Gasteiger partial charge in [-0.3, -0.25) is 9.59 Å². The third-order valence-electron chi connectivity index (χ3n) is 4.70. The lowest BCUT2D eigenvalue weighted by Gasteiger charge is -2.11. The molecule has 120 valence electrons. The number of likely N-dealkylation sites (N-methyl/N-ethyl adjacent to an activating group) is 1. The Hall–Kier alpha value is -2.88. The molecule has 0 radical (unpaired) electrons. The van der Waals surface area contributed by atoms with Gasteiger partial charge in [-0.15, -0.1) is 0 Å². The standard InChI is InChI=1S/C20H18N2O2/c1-22(2)18(23)10-12-7-8-15-16-11-13-5-3-4-6-14(13)19(16)21-20(24)17(15)9-12/h3-9H,10-11H2,1-2H3,(H,21,24). The van der Waals surface area contributed by atoms with Gasteiger partial charge in [-0.05, 0) is 28.1 Å². The van der Waals surface area contributed by atoms with Crippen LogP contribution in [-0.2, 0) is 17.6 Å². The predicted octanol–water partition coefficient (Wildman–Crippen LogP) is 2.73. The largest absolute Gasteiger partial charge is 0.349 e. The lowest BCUT2D eigenvalue weighted by Crippen LogP contribution is -2.23. The van der Waals surface area contributed by atoms with E-state index in [1.54, 1.807) is 19.0 Å². The van der Waals surface area contributed by atoms with E-state index in [0.717, 1.165) is 34.2 Å². The Morgan fingerprint density at radius 3 is 2.71 bits per heavy atom. The summed E-state index contributed by atoms with van der Waals surface area (Å²) in [5.74, 6) is 0.0272. The first-order chi connectivity index (χ1) is 11.5. The highest BCUT2D eigenvalue weighted by molar-refractivity contribution is 5.93. The van der Waals surface area contributed by atoms with Crippen LogP contribution in [0.4, 0.5) is 0 Å². The first kappa shape index (κ1) is 14.7. The summed E-state index contributed by atoms with van der Waals surface area (Å²) < 4.78 is 0.